The highest BCUT2D eigenvalue weighted by molar-refractivity contribution is 5.32. The molecule has 18 heavy (non-hydrogen) atoms. The number of hydrogen-bond donors (Lipinski definition) is 1. The summed E-state index contributed by atoms with van der Waals surface area (Å²) >= 11 is 0. The Morgan fingerprint density at radius 2 is 2.06 bits per heavy atom. The normalized spacial score (nSPS) is 24.1. The highest BCUT2D eigenvalue weighted by Gasteiger charge is 2.25. The summed E-state index contributed by atoms with van der Waals surface area (Å²) in [5, 5.41) is 14.1. The van der Waals surface area contributed by atoms with Gasteiger partial charge in [-0.05, 0) is 24.6 Å². The van der Waals surface area contributed by atoms with E-state index in [1.807, 2.05) is 41.1 Å². The van der Waals surface area contributed by atoms with E-state index in [0.717, 1.165) is 17.8 Å². The zero-order valence-electron chi connectivity index (χ0n) is 10.1. The second kappa shape index (κ2) is 4.92. The second-order valence-electron chi connectivity index (χ2n) is 4.54. The summed E-state index contributed by atoms with van der Waals surface area (Å²) in [6, 6.07) is 11.9. The van der Waals surface area contributed by atoms with E-state index in [4.69, 9.17) is 4.74 Å². The maximum Gasteiger partial charge on any atom is 0.102 e. The lowest BCUT2D eigenvalue weighted by Gasteiger charge is -2.26. The molecule has 0 bridgehead atoms. The molecule has 94 valence electrons. The van der Waals surface area contributed by atoms with E-state index < -0.39 is 0 Å². The third-order valence-electron chi connectivity index (χ3n) is 3.26. The van der Waals surface area contributed by atoms with E-state index in [1.54, 1.807) is 6.20 Å². The number of aliphatic hydroxyl groups excluding tert-OH is 1. The van der Waals surface area contributed by atoms with Crippen LogP contribution >= 0.6 is 0 Å². The maximum absolute atomic E-state index is 9.73. The van der Waals surface area contributed by atoms with Crippen molar-refractivity contribution in [3.63, 3.8) is 0 Å². The molecule has 1 fully saturated rings. The molecule has 2 aromatic rings. The number of para-hydroxylation sites is 1. The van der Waals surface area contributed by atoms with Crippen molar-refractivity contribution in [3.8, 4) is 5.69 Å². The Balaban J connectivity index is 1.92. The SMILES string of the molecule is OC1CCOC(c2ccnn2-c2ccccc2)C1. The number of hydrogen-bond acceptors (Lipinski definition) is 3. The number of benzene rings is 1. The van der Waals surface area contributed by atoms with Crippen molar-refractivity contribution in [2.75, 3.05) is 6.61 Å². The summed E-state index contributed by atoms with van der Waals surface area (Å²) in [6.45, 7) is 0.603. The number of aromatic nitrogens is 2. The Morgan fingerprint density at radius 1 is 1.22 bits per heavy atom. The zero-order valence-corrected chi connectivity index (χ0v) is 10.1. The standard InChI is InChI=1S/C14H16N2O2/c17-12-7-9-18-14(10-12)13-6-8-15-16(13)11-4-2-1-3-5-11/h1-6,8,12,14,17H,7,9-10H2. The van der Waals surface area contributed by atoms with Gasteiger partial charge in [-0.3, -0.25) is 0 Å². The van der Waals surface area contributed by atoms with Gasteiger partial charge in [0.25, 0.3) is 0 Å². The first-order valence-electron chi connectivity index (χ1n) is 6.23. The molecular weight excluding hydrogens is 228 g/mol. The van der Waals surface area contributed by atoms with Gasteiger partial charge < -0.3 is 9.84 Å². The largest absolute Gasteiger partial charge is 0.393 e. The first-order chi connectivity index (χ1) is 8.84. The van der Waals surface area contributed by atoms with Gasteiger partial charge in [-0.15, -0.1) is 0 Å². The van der Waals surface area contributed by atoms with Crippen LogP contribution in [-0.2, 0) is 4.74 Å². The summed E-state index contributed by atoms with van der Waals surface area (Å²) in [5.74, 6) is 0. The van der Waals surface area contributed by atoms with Crippen LogP contribution in [0.5, 0.6) is 0 Å². The molecule has 1 N–H and O–H groups in total. The van der Waals surface area contributed by atoms with Gasteiger partial charge in [0.05, 0.1) is 17.5 Å². The summed E-state index contributed by atoms with van der Waals surface area (Å²) in [5.41, 5.74) is 2.01. The predicted molar refractivity (Wildman–Crippen MR) is 67.5 cm³/mol. The monoisotopic (exact) mass is 244 g/mol. The van der Waals surface area contributed by atoms with Crippen molar-refractivity contribution in [2.45, 2.75) is 25.0 Å². The summed E-state index contributed by atoms with van der Waals surface area (Å²) in [6.07, 6.45) is 2.78. The lowest BCUT2D eigenvalue weighted by molar-refractivity contribution is -0.0475. The Kier molecular flexibility index (Phi) is 3.13. The molecule has 1 aromatic carbocycles. The van der Waals surface area contributed by atoms with E-state index >= 15 is 0 Å². The van der Waals surface area contributed by atoms with Crippen LogP contribution in [0.4, 0.5) is 0 Å². The molecule has 3 rings (SSSR count). The molecule has 0 radical (unpaired) electrons. The molecule has 0 aliphatic carbocycles. The first-order valence-corrected chi connectivity index (χ1v) is 6.23. The van der Waals surface area contributed by atoms with E-state index in [2.05, 4.69) is 5.10 Å². The van der Waals surface area contributed by atoms with E-state index in [1.165, 1.54) is 0 Å². The van der Waals surface area contributed by atoms with Crippen molar-refractivity contribution in [3.05, 3.63) is 48.3 Å². The molecule has 0 amide bonds. The van der Waals surface area contributed by atoms with Crippen molar-refractivity contribution in [2.24, 2.45) is 0 Å². The molecule has 1 aliphatic heterocycles. The average molecular weight is 244 g/mol. The van der Waals surface area contributed by atoms with Gasteiger partial charge in [-0.1, -0.05) is 18.2 Å². The Labute approximate surface area is 106 Å². The minimum absolute atomic E-state index is 0.0727. The van der Waals surface area contributed by atoms with Gasteiger partial charge in [0.15, 0.2) is 0 Å². The van der Waals surface area contributed by atoms with Crippen LogP contribution in [0.2, 0.25) is 0 Å². The van der Waals surface area contributed by atoms with Crippen molar-refractivity contribution in [1.82, 2.24) is 9.78 Å². The molecule has 1 saturated heterocycles. The van der Waals surface area contributed by atoms with Crippen LogP contribution < -0.4 is 0 Å². The van der Waals surface area contributed by atoms with Crippen LogP contribution in [0, 0.1) is 0 Å². The molecule has 4 heteroatoms. The van der Waals surface area contributed by atoms with Gasteiger partial charge in [0.2, 0.25) is 0 Å². The van der Waals surface area contributed by atoms with E-state index in [-0.39, 0.29) is 12.2 Å². The lowest BCUT2D eigenvalue weighted by atomic mass is 10.0. The van der Waals surface area contributed by atoms with Crippen molar-refractivity contribution in [1.29, 1.82) is 0 Å². The average Bonchev–Trinajstić information content (AvgIpc) is 2.89. The van der Waals surface area contributed by atoms with Gasteiger partial charge in [-0.25, -0.2) is 4.68 Å². The minimum atomic E-state index is -0.275. The number of ether oxygens (including phenoxy) is 1. The predicted octanol–water partition coefficient (Wildman–Crippen LogP) is 2.08. The fraction of sp³-hybridized carbons (Fsp3) is 0.357. The molecule has 0 spiro atoms. The van der Waals surface area contributed by atoms with Crippen LogP contribution in [0.3, 0.4) is 0 Å². The Bertz CT molecular complexity index is 510. The summed E-state index contributed by atoms with van der Waals surface area (Å²) < 4.78 is 7.61. The molecule has 0 saturated carbocycles. The third kappa shape index (κ3) is 2.17. The van der Waals surface area contributed by atoms with Crippen LogP contribution in [-0.4, -0.2) is 27.6 Å². The quantitative estimate of drug-likeness (QED) is 0.880. The third-order valence-corrected chi connectivity index (χ3v) is 3.26. The highest BCUT2D eigenvalue weighted by atomic mass is 16.5. The topological polar surface area (TPSA) is 47.3 Å². The van der Waals surface area contributed by atoms with Gasteiger partial charge >= 0.3 is 0 Å². The maximum atomic E-state index is 9.73. The fourth-order valence-electron chi connectivity index (χ4n) is 2.33. The molecule has 1 aromatic heterocycles. The number of aliphatic hydroxyl groups is 1. The molecule has 2 heterocycles. The van der Waals surface area contributed by atoms with Gasteiger partial charge in [-0.2, -0.15) is 5.10 Å². The van der Waals surface area contributed by atoms with Crippen molar-refractivity contribution < 1.29 is 9.84 Å². The molecular formula is C14H16N2O2. The highest BCUT2D eigenvalue weighted by Crippen LogP contribution is 2.29. The second-order valence-corrected chi connectivity index (χ2v) is 4.54. The number of nitrogens with zero attached hydrogens (tertiary/aromatic N) is 2. The zero-order chi connectivity index (χ0) is 12.4. The van der Waals surface area contributed by atoms with Crippen molar-refractivity contribution >= 4 is 0 Å². The summed E-state index contributed by atoms with van der Waals surface area (Å²) in [4.78, 5) is 0. The van der Waals surface area contributed by atoms with Crippen LogP contribution in [0.25, 0.3) is 5.69 Å². The van der Waals surface area contributed by atoms with Gasteiger partial charge in [0, 0.05) is 19.2 Å². The molecule has 4 nitrogen and oxygen atoms in total. The molecule has 2 atom stereocenters. The smallest absolute Gasteiger partial charge is 0.102 e. The number of rotatable bonds is 2. The minimum Gasteiger partial charge on any atom is -0.393 e. The first kappa shape index (κ1) is 11.4. The van der Waals surface area contributed by atoms with E-state index in [9.17, 15) is 5.11 Å². The Hall–Kier alpha value is -1.65. The van der Waals surface area contributed by atoms with Crippen LogP contribution in [0.1, 0.15) is 24.6 Å². The molecule has 2 unspecified atom stereocenters. The summed E-state index contributed by atoms with van der Waals surface area (Å²) in [7, 11) is 0. The molecule has 1 aliphatic rings. The lowest BCUT2D eigenvalue weighted by Crippen LogP contribution is -2.25. The van der Waals surface area contributed by atoms with E-state index in [0.29, 0.717) is 13.0 Å². The Morgan fingerprint density at radius 3 is 2.83 bits per heavy atom. The fourth-order valence-corrected chi connectivity index (χ4v) is 2.33. The van der Waals surface area contributed by atoms with Crippen LogP contribution in [0.15, 0.2) is 42.6 Å². The van der Waals surface area contributed by atoms with Gasteiger partial charge in [0.1, 0.15) is 6.10 Å².